The van der Waals surface area contributed by atoms with E-state index in [1.807, 2.05) is 49.6 Å². The van der Waals surface area contributed by atoms with Gasteiger partial charge in [-0.25, -0.2) is 4.68 Å². The minimum Gasteiger partial charge on any atom is -0.346 e. The van der Waals surface area contributed by atoms with Crippen molar-refractivity contribution in [3.8, 4) is 5.69 Å². The monoisotopic (exact) mass is 365 g/mol. The van der Waals surface area contributed by atoms with Crippen LogP contribution in [0, 0.1) is 0 Å². The van der Waals surface area contributed by atoms with Gasteiger partial charge in [0.05, 0.1) is 28.5 Å². The first kappa shape index (κ1) is 16.4. The Labute approximate surface area is 155 Å². The lowest BCUT2D eigenvalue weighted by molar-refractivity contribution is 0.0950. The van der Waals surface area contributed by atoms with Crippen molar-refractivity contribution in [2.75, 3.05) is 0 Å². The summed E-state index contributed by atoms with van der Waals surface area (Å²) in [6, 6.07) is 14.8. The lowest BCUT2D eigenvalue weighted by atomic mass is 10.1. The maximum absolute atomic E-state index is 12.6. The minimum atomic E-state index is -0.176. The second kappa shape index (κ2) is 6.65. The normalized spacial score (nSPS) is 11.0. The van der Waals surface area contributed by atoms with E-state index in [-0.39, 0.29) is 5.91 Å². The summed E-state index contributed by atoms with van der Waals surface area (Å²) < 4.78 is 3.48. The van der Waals surface area contributed by atoms with Crippen LogP contribution in [0.25, 0.3) is 16.6 Å². The van der Waals surface area contributed by atoms with E-state index in [9.17, 15) is 4.79 Å². The van der Waals surface area contributed by atoms with Gasteiger partial charge in [-0.3, -0.25) is 9.48 Å². The first-order chi connectivity index (χ1) is 12.6. The van der Waals surface area contributed by atoms with Gasteiger partial charge in [0.2, 0.25) is 0 Å². The summed E-state index contributed by atoms with van der Waals surface area (Å²) in [5.74, 6) is -0.176. The number of nitrogens with zero attached hydrogens (tertiary/aromatic N) is 4. The summed E-state index contributed by atoms with van der Waals surface area (Å²) in [7, 11) is 1.86. The molecule has 2 heterocycles. The molecule has 4 rings (SSSR count). The molecule has 130 valence electrons. The zero-order valence-electron chi connectivity index (χ0n) is 14.1. The number of aromatic nitrogens is 4. The van der Waals surface area contributed by atoms with E-state index in [4.69, 9.17) is 11.6 Å². The van der Waals surface area contributed by atoms with Crippen molar-refractivity contribution in [2.45, 2.75) is 6.54 Å². The Hall–Kier alpha value is -3.12. The number of hydrogen-bond donors (Lipinski definition) is 1. The number of carbonyl (C=O) groups excluding carboxylic acids is 1. The van der Waals surface area contributed by atoms with Crippen LogP contribution in [0.3, 0.4) is 0 Å². The minimum absolute atomic E-state index is 0.176. The van der Waals surface area contributed by atoms with Gasteiger partial charge in [-0.1, -0.05) is 23.7 Å². The van der Waals surface area contributed by atoms with E-state index < -0.39 is 0 Å². The third-order valence-electron chi connectivity index (χ3n) is 4.19. The van der Waals surface area contributed by atoms with E-state index in [0.717, 1.165) is 22.3 Å². The van der Waals surface area contributed by atoms with Gasteiger partial charge >= 0.3 is 0 Å². The van der Waals surface area contributed by atoms with E-state index in [2.05, 4.69) is 15.5 Å². The van der Waals surface area contributed by atoms with Crippen LogP contribution < -0.4 is 5.32 Å². The predicted octanol–water partition coefficient (Wildman–Crippen LogP) is 3.34. The van der Waals surface area contributed by atoms with Gasteiger partial charge in [0.25, 0.3) is 5.91 Å². The van der Waals surface area contributed by atoms with Gasteiger partial charge in [0.15, 0.2) is 0 Å². The molecule has 2 aromatic heterocycles. The summed E-state index contributed by atoms with van der Waals surface area (Å²) in [5, 5.41) is 13.1. The van der Waals surface area contributed by atoms with Crippen molar-refractivity contribution in [3.63, 3.8) is 0 Å². The lowest BCUT2D eigenvalue weighted by Crippen LogP contribution is -2.23. The van der Waals surface area contributed by atoms with Gasteiger partial charge in [0.1, 0.15) is 0 Å². The van der Waals surface area contributed by atoms with Gasteiger partial charge in [-0.05, 0) is 36.4 Å². The van der Waals surface area contributed by atoms with Crippen molar-refractivity contribution in [2.24, 2.45) is 7.05 Å². The molecule has 2 aromatic carbocycles. The fraction of sp³-hybridized carbons (Fsp3) is 0.105. The summed E-state index contributed by atoms with van der Waals surface area (Å²) in [6.07, 6.45) is 3.53. The molecule has 26 heavy (non-hydrogen) atoms. The highest BCUT2D eigenvalue weighted by Crippen LogP contribution is 2.26. The Bertz CT molecular complexity index is 1080. The Balaban J connectivity index is 1.56. The van der Waals surface area contributed by atoms with Crippen LogP contribution in [0.15, 0.2) is 60.9 Å². The van der Waals surface area contributed by atoms with Gasteiger partial charge in [-0.15, -0.1) is 0 Å². The molecule has 0 saturated carbocycles. The van der Waals surface area contributed by atoms with Crippen LogP contribution >= 0.6 is 11.6 Å². The molecule has 0 fully saturated rings. The zero-order chi connectivity index (χ0) is 18.1. The highest BCUT2D eigenvalue weighted by atomic mass is 35.5. The molecule has 0 aliphatic heterocycles. The molecule has 1 amide bonds. The third kappa shape index (κ3) is 2.95. The predicted molar refractivity (Wildman–Crippen MR) is 100 cm³/mol. The number of benzene rings is 2. The highest BCUT2D eigenvalue weighted by Gasteiger charge is 2.13. The smallest absolute Gasteiger partial charge is 0.251 e. The van der Waals surface area contributed by atoms with E-state index in [0.29, 0.717) is 17.1 Å². The average molecular weight is 366 g/mol. The third-order valence-corrected chi connectivity index (χ3v) is 4.51. The maximum Gasteiger partial charge on any atom is 0.251 e. The molecule has 0 radical (unpaired) electrons. The van der Waals surface area contributed by atoms with Crippen LogP contribution in [0.4, 0.5) is 0 Å². The summed E-state index contributed by atoms with van der Waals surface area (Å²) >= 11 is 6.31. The standard InChI is InChI=1S/C19H16ClN5O/c1-24-17-8-3-7-15(20)18(17)16(23-24)12-21-19(26)13-5-2-6-14(11-13)25-10-4-9-22-25/h2-11H,12H2,1H3,(H,21,26). The molecular formula is C19H16ClN5O. The molecule has 0 aliphatic carbocycles. The van der Waals surface area contributed by atoms with Gasteiger partial charge in [-0.2, -0.15) is 10.2 Å². The molecule has 0 aliphatic rings. The van der Waals surface area contributed by atoms with E-state index >= 15 is 0 Å². The summed E-state index contributed by atoms with van der Waals surface area (Å²) in [5.41, 5.74) is 3.06. The van der Waals surface area contributed by atoms with Crippen LogP contribution in [0.2, 0.25) is 5.02 Å². The average Bonchev–Trinajstić information content (AvgIpc) is 3.29. The Morgan fingerprint density at radius 2 is 2.04 bits per heavy atom. The molecule has 6 nitrogen and oxygen atoms in total. The van der Waals surface area contributed by atoms with Crippen LogP contribution in [0.5, 0.6) is 0 Å². The molecule has 0 saturated heterocycles. The maximum atomic E-state index is 12.6. The number of aryl methyl sites for hydroxylation is 1. The number of carbonyl (C=O) groups is 1. The molecule has 1 N–H and O–H groups in total. The summed E-state index contributed by atoms with van der Waals surface area (Å²) in [4.78, 5) is 12.6. The Kier molecular flexibility index (Phi) is 4.18. The summed E-state index contributed by atoms with van der Waals surface area (Å²) in [6.45, 7) is 0.298. The van der Waals surface area contributed by atoms with E-state index in [1.54, 1.807) is 27.7 Å². The second-order valence-corrected chi connectivity index (χ2v) is 6.30. The van der Waals surface area contributed by atoms with Crippen molar-refractivity contribution < 1.29 is 4.79 Å². The fourth-order valence-electron chi connectivity index (χ4n) is 2.95. The molecule has 4 aromatic rings. The number of halogens is 1. The molecule has 0 bridgehead atoms. The van der Waals surface area contributed by atoms with E-state index in [1.165, 1.54) is 0 Å². The fourth-order valence-corrected chi connectivity index (χ4v) is 3.23. The zero-order valence-corrected chi connectivity index (χ0v) is 14.8. The van der Waals surface area contributed by atoms with Crippen LogP contribution in [-0.2, 0) is 13.6 Å². The number of hydrogen-bond acceptors (Lipinski definition) is 3. The van der Waals surface area contributed by atoms with Crippen molar-refractivity contribution in [1.82, 2.24) is 24.9 Å². The first-order valence-corrected chi connectivity index (χ1v) is 8.49. The molecule has 0 atom stereocenters. The molecule has 0 unspecified atom stereocenters. The highest BCUT2D eigenvalue weighted by molar-refractivity contribution is 6.35. The largest absolute Gasteiger partial charge is 0.346 e. The quantitative estimate of drug-likeness (QED) is 0.603. The first-order valence-electron chi connectivity index (χ1n) is 8.12. The number of fused-ring (bicyclic) bond motifs is 1. The number of rotatable bonds is 4. The topological polar surface area (TPSA) is 64.7 Å². The van der Waals surface area contributed by atoms with Crippen molar-refractivity contribution in [1.29, 1.82) is 0 Å². The van der Waals surface area contributed by atoms with Crippen LogP contribution in [0.1, 0.15) is 16.1 Å². The Morgan fingerprint density at radius 1 is 1.19 bits per heavy atom. The van der Waals surface area contributed by atoms with Crippen molar-refractivity contribution in [3.05, 3.63) is 77.2 Å². The Morgan fingerprint density at radius 3 is 2.85 bits per heavy atom. The SMILES string of the molecule is Cn1nc(CNC(=O)c2cccc(-n3cccn3)c2)c2c(Cl)cccc21. The molecule has 0 spiro atoms. The van der Waals surface area contributed by atoms with Crippen LogP contribution in [-0.4, -0.2) is 25.5 Å². The molecular weight excluding hydrogens is 350 g/mol. The second-order valence-electron chi connectivity index (χ2n) is 5.89. The van der Waals surface area contributed by atoms with Gasteiger partial charge < -0.3 is 5.32 Å². The lowest BCUT2D eigenvalue weighted by Gasteiger charge is -2.07. The number of amides is 1. The van der Waals surface area contributed by atoms with Crippen molar-refractivity contribution >= 4 is 28.4 Å². The molecule has 7 heteroatoms. The number of nitrogens with one attached hydrogen (secondary N) is 1. The van der Waals surface area contributed by atoms with Gasteiger partial charge in [0, 0.05) is 30.4 Å².